The third-order valence-electron chi connectivity index (χ3n) is 5.66. The van der Waals surface area contributed by atoms with Crippen molar-refractivity contribution >= 4 is 34.9 Å². The Morgan fingerprint density at radius 1 is 0.933 bits per heavy atom. The van der Waals surface area contributed by atoms with E-state index >= 15 is 0 Å². The molecule has 1 unspecified atom stereocenters. The number of benzene rings is 2. The topological polar surface area (TPSA) is 81.8 Å². The standard InChI is InChI=1S/C23H26N4O3/c1-16-8-10-18(11-9-16)27-15-17(14-21(27)28)22(29)24-19-6-2-3-7-20(19)25-23(30)26-12-4-5-13-26/h2-3,6-11,17H,4-5,12-15H2,1H3,(H,24,29)(H,25,30). The van der Waals surface area contributed by atoms with Crippen LogP contribution in [0.1, 0.15) is 24.8 Å². The van der Waals surface area contributed by atoms with E-state index in [2.05, 4.69) is 10.6 Å². The molecule has 4 rings (SSSR count). The van der Waals surface area contributed by atoms with Crippen molar-refractivity contribution in [3.05, 3.63) is 54.1 Å². The second-order valence-corrected chi connectivity index (χ2v) is 7.90. The number of nitrogens with one attached hydrogen (secondary N) is 2. The Balaban J connectivity index is 1.42. The maximum absolute atomic E-state index is 12.9. The summed E-state index contributed by atoms with van der Waals surface area (Å²) in [5.41, 5.74) is 3.02. The van der Waals surface area contributed by atoms with Gasteiger partial charge in [-0.1, -0.05) is 29.8 Å². The van der Waals surface area contributed by atoms with Crippen LogP contribution in [-0.2, 0) is 9.59 Å². The highest BCUT2D eigenvalue weighted by Crippen LogP contribution is 2.28. The molecule has 0 radical (unpaired) electrons. The number of amides is 4. The summed E-state index contributed by atoms with van der Waals surface area (Å²) in [6.45, 7) is 3.83. The molecule has 2 N–H and O–H groups in total. The van der Waals surface area contributed by atoms with E-state index in [0.717, 1.165) is 37.2 Å². The summed E-state index contributed by atoms with van der Waals surface area (Å²) in [6.07, 6.45) is 2.19. The molecule has 0 saturated carbocycles. The van der Waals surface area contributed by atoms with E-state index < -0.39 is 5.92 Å². The van der Waals surface area contributed by atoms with E-state index in [1.54, 1.807) is 28.0 Å². The summed E-state index contributed by atoms with van der Waals surface area (Å²) in [6, 6.07) is 14.7. The minimum atomic E-state index is -0.443. The first-order chi connectivity index (χ1) is 14.5. The van der Waals surface area contributed by atoms with Crippen LogP contribution < -0.4 is 15.5 Å². The van der Waals surface area contributed by atoms with Crippen LogP contribution in [0.4, 0.5) is 21.9 Å². The quantitative estimate of drug-likeness (QED) is 0.814. The first kappa shape index (κ1) is 19.9. The molecule has 2 heterocycles. The second kappa shape index (κ2) is 8.57. The maximum Gasteiger partial charge on any atom is 0.321 e. The van der Waals surface area contributed by atoms with Crippen molar-refractivity contribution in [1.82, 2.24) is 4.90 Å². The zero-order chi connectivity index (χ0) is 21.1. The van der Waals surface area contributed by atoms with Crippen LogP contribution in [0.15, 0.2) is 48.5 Å². The molecule has 0 bridgehead atoms. The van der Waals surface area contributed by atoms with Crippen molar-refractivity contribution in [2.75, 3.05) is 35.2 Å². The molecule has 7 heteroatoms. The molecule has 4 amide bonds. The molecule has 2 saturated heterocycles. The number of para-hydroxylation sites is 2. The Labute approximate surface area is 176 Å². The molecule has 2 aromatic carbocycles. The summed E-state index contributed by atoms with van der Waals surface area (Å²) < 4.78 is 0. The fraction of sp³-hybridized carbons (Fsp3) is 0.348. The average Bonchev–Trinajstić information content (AvgIpc) is 3.40. The van der Waals surface area contributed by atoms with Crippen molar-refractivity contribution in [3.63, 3.8) is 0 Å². The van der Waals surface area contributed by atoms with Crippen molar-refractivity contribution < 1.29 is 14.4 Å². The summed E-state index contributed by atoms with van der Waals surface area (Å²) in [4.78, 5) is 41.2. The lowest BCUT2D eigenvalue weighted by Crippen LogP contribution is -2.32. The van der Waals surface area contributed by atoms with E-state index in [1.807, 2.05) is 37.3 Å². The number of likely N-dealkylation sites (tertiary alicyclic amines) is 1. The van der Waals surface area contributed by atoms with Gasteiger partial charge in [0.1, 0.15) is 0 Å². The molecule has 2 aliphatic heterocycles. The van der Waals surface area contributed by atoms with Gasteiger partial charge in [-0.05, 0) is 44.0 Å². The Hall–Kier alpha value is -3.35. The van der Waals surface area contributed by atoms with Gasteiger partial charge in [-0.15, -0.1) is 0 Å². The fourth-order valence-corrected chi connectivity index (χ4v) is 3.91. The van der Waals surface area contributed by atoms with Crippen molar-refractivity contribution in [3.8, 4) is 0 Å². The van der Waals surface area contributed by atoms with E-state index in [4.69, 9.17) is 0 Å². The molecular weight excluding hydrogens is 380 g/mol. The lowest BCUT2D eigenvalue weighted by molar-refractivity contribution is -0.122. The van der Waals surface area contributed by atoms with E-state index in [0.29, 0.717) is 17.9 Å². The molecule has 0 aliphatic carbocycles. The van der Waals surface area contributed by atoms with Crippen LogP contribution in [0.25, 0.3) is 0 Å². The SMILES string of the molecule is Cc1ccc(N2CC(C(=O)Nc3ccccc3NC(=O)N3CCCC3)CC2=O)cc1. The summed E-state index contributed by atoms with van der Waals surface area (Å²) >= 11 is 0. The number of carbonyl (C=O) groups excluding carboxylic acids is 3. The third-order valence-corrected chi connectivity index (χ3v) is 5.66. The van der Waals surface area contributed by atoms with Crippen LogP contribution in [0.3, 0.4) is 0 Å². The smallest absolute Gasteiger partial charge is 0.321 e. The van der Waals surface area contributed by atoms with Gasteiger partial charge in [0.2, 0.25) is 11.8 Å². The summed E-state index contributed by atoms with van der Waals surface area (Å²) in [5.74, 6) is -0.725. The van der Waals surface area contributed by atoms with Gasteiger partial charge in [-0.25, -0.2) is 4.79 Å². The minimum absolute atomic E-state index is 0.0605. The number of aryl methyl sites for hydroxylation is 1. The Bertz CT molecular complexity index is 951. The molecule has 30 heavy (non-hydrogen) atoms. The number of nitrogens with zero attached hydrogens (tertiary/aromatic N) is 2. The minimum Gasteiger partial charge on any atom is -0.325 e. The van der Waals surface area contributed by atoms with E-state index in [9.17, 15) is 14.4 Å². The largest absolute Gasteiger partial charge is 0.325 e. The van der Waals surface area contributed by atoms with Crippen LogP contribution >= 0.6 is 0 Å². The molecule has 0 aromatic heterocycles. The molecule has 1 atom stereocenters. The van der Waals surface area contributed by atoms with Gasteiger partial charge in [0.25, 0.3) is 0 Å². The fourth-order valence-electron chi connectivity index (χ4n) is 3.91. The van der Waals surface area contributed by atoms with Gasteiger partial charge < -0.3 is 20.4 Å². The lowest BCUT2D eigenvalue weighted by Gasteiger charge is -2.19. The van der Waals surface area contributed by atoms with Gasteiger partial charge >= 0.3 is 6.03 Å². The van der Waals surface area contributed by atoms with Crippen molar-refractivity contribution in [2.45, 2.75) is 26.2 Å². The van der Waals surface area contributed by atoms with Gasteiger partial charge in [0, 0.05) is 31.7 Å². The predicted molar refractivity (Wildman–Crippen MR) is 117 cm³/mol. The zero-order valence-corrected chi connectivity index (χ0v) is 17.1. The van der Waals surface area contributed by atoms with E-state index in [1.165, 1.54) is 0 Å². The monoisotopic (exact) mass is 406 g/mol. The van der Waals surface area contributed by atoms with Crippen molar-refractivity contribution in [2.24, 2.45) is 5.92 Å². The number of hydrogen-bond donors (Lipinski definition) is 2. The number of anilines is 3. The number of hydrogen-bond acceptors (Lipinski definition) is 3. The normalized spacial score (nSPS) is 18.6. The molecular formula is C23H26N4O3. The summed E-state index contributed by atoms with van der Waals surface area (Å²) in [5, 5.41) is 5.79. The predicted octanol–water partition coefficient (Wildman–Crippen LogP) is 3.61. The Morgan fingerprint density at radius 3 is 2.23 bits per heavy atom. The number of urea groups is 1. The third kappa shape index (κ3) is 4.30. The maximum atomic E-state index is 12.9. The van der Waals surface area contributed by atoms with Crippen LogP contribution in [0, 0.1) is 12.8 Å². The first-order valence-corrected chi connectivity index (χ1v) is 10.3. The second-order valence-electron chi connectivity index (χ2n) is 7.90. The van der Waals surface area contributed by atoms with Gasteiger partial charge in [-0.2, -0.15) is 0 Å². The van der Waals surface area contributed by atoms with Crippen LogP contribution in [-0.4, -0.2) is 42.4 Å². The molecule has 2 fully saturated rings. The Morgan fingerprint density at radius 2 is 1.57 bits per heavy atom. The molecule has 2 aliphatic rings. The highest BCUT2D eigenvalue weighted by molar-refractivity contribution is 6.05. The lowest BCUT2D eigenvalue weighted by atomic mass is 10.1. The van der Waals surface area contributed by atoms with Gasteiger partial charge in [0.05, 0.1) is 17.3 Å². The molecule has 0 spiro atoms. The van der Waals surface area contributed by atoms with Gasteiger partial charge in [-0.3, -0.25) is 9.59 Å². The molecule has 2 aromatic rings. The average molecular weight is 406 g/mol. The van der Waals surface area contributed by atoms with Crippen molar-refractivity contribution in [1.29, 1.82) is 0 Å². The zero-order valence-electron chi connectivity index (χ0n) is 17.1. The molecule has 7 nitrogen and oxygen atoms in total. The van der Waals surface area contributed by atoms with Crippen LogP contribution in [0.5, 0.6) is 0 Å². The molecule has 156 valence electrons. The first-order valence-electron chi connectivity index (χ1n) is 10.3. The number of carbonyl (C=O) groups is 3. The Kier molecular flexibility index (Phi) is 5.70. The van der Waals surface area contributed by atoms with Gasteiger partial charge in [0.15, 0.2) is 0 Å². The highest BCUT2D eigenvalue weighted by atomic mass is 16.2. The van der Waals surface area contributed by atoms with Crippen LogP contribution in [0.2, 0.25) is 0 Å². The highest BCUT2D eigenvalue weighted by Gasteiger charge is 2.35. The van der Waals surface area contributed by atoms with E-state index in [-0.39, 0.29) is 24.3 Å². The summed E-state index contributed by atoms with van der Waals surface area (Å²) in [7, 11) is 0. The number of rotatable bonds is 4.